The summed E-state index contributed by atoms with van der Waals surface area (Å²) in [6.07, 6.45) is 7.30. The number of aliphatic hydroxyl groups is 1. The zero-order valence-electron chi connectivity index (χ0n) is 13.8. The first-order valence-corrected chi connectivity index (χ1v) is 9.75. The van der Waals surface area contributed by atoms with E-state index in [4.69, 9.17) is 11.5 Å². The van der Waals surface area contributed by atoms with Gasteiger partial charge < -0.3 is 10.4 Å². The van der Waals surface area contributed by atoms with Crippen LogP contribution in [0.5, 0.6) is 0 Å². The van der Waals surface area contributed by atoms with Crippen LogP contribution in [0.2, 0.25) is 0 Å². The molecule has 130 valence electrons. The van der Waals surface area contributed by atoms with Crippen LogP contribution in [0.4, 0.5) is 5.13 Å². The Balaban J connectivity index is 1.74. The van der Waals surface area contributed by atoms with E-state index in [1.807, 2.05) is 36.6 Å². The molecule has 1 amide bonds. The van der Waals surface area contributed by atoms with Gasteiger partial charge in [-0.25, -0.2) is 4.98 Å². The summed E-state index contributed by atoms with van der Waals surface area (Å²) in [5.41, 5.74) is 1.07. The fourth-order valence-electron chi connectivity index (χ4n) is 2.96. The van der Waals surface area contributed by atoms with E-state index in [1.165, 1.54) is 11.3 Å². The van der Waals surface area contributed by atoms with E-state index in [-0.39, 0.29) is 24.3 Å². The Bertz CT molecular complexity index is 806. The van der Waals surface area contributed by atoms with Gasteiger partial charge in [0.1, 0.15) is 0 Å². The molecule has 0 saturated heterocycles. The summed E-state index contributed by atoms with van der Waals surface area (Å²) in [6, 6.07) is 7.86. The number of nitrogens with one attached hydrogen (secondary N) is 1. The predicted octanol–water partition coefficient (Wildman–Crippen LogP) is 3.80. The second kappa shape index (κ2) is 7.28. The van der Waals surface area contributed by atoms with Crippen LogP contribution in [0.25, 0.3) is 0 Å². The van der Waals surface area contributed by atoms with Crippen LogP contribution in [-0.4, -0.2) is 22.6 Å². The minimum absolute atomic E-state index is 0.0309. The molecule has 1 atom stereocenters. The summed E-state index contributed by atoms with van der Waals surface area (Å²) >= 11 is 4.81. The molecular weight excluding hydrogens is 400 g/mol. The van der Waals surface area contributed by atoms with Crippen molar-refractivity contribution in [3.8, 4) is 12.3 Å². The third-order valence-electron chi connectivity index (χ3n) is 4.82. The van der Waals surface area contributed by atoms with Gasteiger partial charge in [0, 0.05) is 22.4 Å². The van der Waals surface area contributed by atoms with Crippen LogP contribution in [0, 0.1) is 24.2 Å². The SMILES string of the molecule is C#C[C@@](C)(c1ccc(Br)cc1)c1csc(NC(=O)[C@H]2C[C@H](CO)C2)n1. The molecule has 1 aromatic carbocycles. The molecule has 1 heterocycles. The second-order valence-electron chi connectivity index (χ2n) is 6.52. The Hall–Kier alpha value is -1.68. The van der Waals surface area contributed by atoms with Gasteiger partial charge in [-0.3, -0.25) is 4.79 Å². The van der Waals surface area contributed by atoms with Gasteiger partial charge in [-0.1, -0.05) is 34.0 Å². The summed E-state index contributed by atoms with van der Waals surface area (Å²) < 4.78 is 0.989. The monoisotopic (exact) mass is 418 g/mol. The molecule has 1 aliphatic carbocycles. The summed E-state index contributed by atoms with van der Waals surface area (Å²) in [6.45, 7) is 2.10. The highest BCUT2D eigenvalue weighted by atomic mass is 79.9. The molecule has 3 rings (SSSR count). The number of benzene rings is 1. The average molecular weight is 419 g/mol. The molecule has 1 aromatic heterocycles. The Morgan fingerprint density at radius 1 is 1.48 bits per heavy atom. The third kappa shape index (κ3) is 3.64. The first kappa shape index (κ1) is 18.1. The van der Waals surface area contributed by atoms with Crippen molar-refractivity contribution >= 4 is 38.3 Å². The van der Waals surface area contributed by atoms with Crippen molar-refractivity contribution in [2.24, 2.45) is 11.8 Å². The van der Waals surface area contributed by atoms with Crippen LogP contribution in [0.1, 0.15) is 31.0 Å². The molecule has 2 aromatic rings. The smallest absolute Gasteiger partial charge is 0.229 e. The van der Waals surface area contributed by atoms with Crippen LogP contribution >= 0.6 is 27.3 Å². The number of anilines is 1. The molecule has 1 aliphatic rings. The van der Waals surface area contributed by atoms with Gasteiger partial charge >= 0.3 is 0 Å². The highest BCUT2D eigenvalue weighted by Crippen LogP contribution is 2.36. The van der Waals surface area contributed by atoms with Crippen molar-refractivity contribution in [3.63, 3.8) is 0 Å². The van der Waals surface area contributed by atoms with Gasteiger partial charge in [-0.15, -0.1) is 17.8 Å². The van der Waals surface area contributed by atoms with E-state index in [1.54, 1.807) is 0 Å². The van der Waals surface area contributed by atoms with Gasteiger partial charge in [-0.05, 0) is 43.4 Å². The second-order valence-corrected chi connectivity index (χ2v) is 8.29. The summed E-state index contributed by atoms with van der Waals surface area (Å²) in [5.74, 6) is 3.04. The van der Waals surface area contributed by atoms with E-state index in [2.05, 4.69) is 32.2 Å². The fraction of sp³-hybridized carbons (Fsp3) is 0.368. The highest BCUT2D eigenvalue weighted by Gasteiger charge is 2.35. The van der Waals surface area contributed by atoms with Crippen LogP contribution in [0.3, 0.4) is 0 Å². The molecule has 0 aliphatic heterocycles. The number of carbonyl (C=O) groups is 1. The zero-order chi connectivity index (χ0) is 18.0. The van der Waals surface area contributed by atoms with Crippen molar-refractivity contribution in [1.82, 2.24) is 4.98 Å². The Labute approximate surface area is 159 Å². The average Bonchev–Trinajstić information content (AvgIpc) is 3.03. The molecule has 0 unspecified atom stereocenters. The number of halogens is 1. The van der Waals surface area contributed by atoms with E-state index >= 15 is 0 Å². The number of thiazole rings is 1. The molecule has 1 saturated carbocycles. The minimum atomic E-state index is -0.654. The Morgan fingerprint density at radius 2 is 2.16 bits per heavy atom. The summed E-state index contributed by atoms with van der Waals surface area (Å²) in [4.78, 5) is 16.8. The van der Waals surface area contributed by atoms with Crippen LogP contribution in [0.15, 0.2) is 34.1 Å². The normalized spacial score (nSPS) is 21.7. The standard InChI is InChI=1S/C19H19BrN2O2S/c1-3-19(2,14-4-6-15(20)7-5-14)16-11-25-18(21-16)22-17(24)13-8-12(9-13)10-23/h1,4-7,11-13,23H,8-10H2,2H3,(H,21,22,24)/t12-,13-,19-/m0/s1. The lowest BCUT2D eigenvalue weighted by atomic mass is 9.75. The summed E-state index contributed by atoms with van der Waals surface area (Å²) in [5, 5.41) is 14.4. The molecule has 4 nitrogen and oxygen atoms in total. The van der Waals surface area contributed by atoms with Gasteiger partial charge in [0.2, 0.25) is 5.91 Å². The Kier molecular flexibility index (Phi) is 5.28. The summed E-state index contributed by atoms with van der Waals surface area (Å²) in [7, 11) is 0. The molecule has 1 fully saturated rings. The molecule has 0 bridgehead atoms. The van der Waals surface area contributed by atoms with Gasteiger partial charge in [-0.2, -0.15) is 0 Å². The molecule has 0 spiro atoms. The molecular formula is C19H19BrN2O2S. The van der Waals surface area contributed by atoms with Crippen molar-refractivity contribution in [2.45, 2.75) is 25.2 Å². The third-order valence-corrected chi connectivity index (χ3v) is 6.11. The number of carbonyl (C=O) groups excluding carboxylic acids is 1. The number of amides is 1. The Morgan fingerprint density at radius 3 is 2.76 bits per heavy atom. The van der Waals surface area contributed by atoms with Crippen LogP contribution < -0.4 is 5.32 Å². The van der Waals surface area contributed by atoms with Gasteiger partial charge in [0.05, 0.1) is 11.1 Å². The van der Waals surface area contributed by atoms with Crippen molar-refractivity contribution in [2.75, 3.05) is 11.9 Å². The van der Waals surface area contributed by atoms with Gasteiger partial charge in [0.15, 0.2) is 5.13 Å². The first-order chi connectivity index (χ1) is 12.0. The van der Waals surface area contributed by atoms with Crippen molar-refractivity contribution < 1.29 is 9.90 Å². The highest BCUT2D eigenvalue weighted by molar-refractivity contribution is 9.10. The number of terminal acetylenes is 1. The molecule has 2 N–H and O–H groups in total. The lowest BCUT2D eigenvalue weighted by molar-refractivity contribution is -0.124. The first-order valence-electron chi connectivity index (χ1n) is 8.08. The number of hydrogen-bond acceptors (Lipinski definition) is 4. The lowest BCUT2D eigenvalue weighted by Crippen LogP contribution is -2.36. The topological polar surface area (TPSA) is 62.2 Å². The number of nitrogens with zero attached hydrogens (tertiary/aromatic N) is 1. The van der Waals surface area contributed by atoms with E-state index < -0.39 is 5.41 Å². The maximum absolute atomic E-state index is 12.2. The number of aromatic nitrogens is 1. The maximum Gasteiger partial charge on any atom is 0.229 e. The largest absolute Gasteiger partial charge is 0.396 e. The van der Waals surface area contributed by atoms with E-state index in [0.717, 1.165) is 28.6 Å². The van der Waals surface area contributed by atoms with E-state index in [9.17, 15) is 4.79 Å². The maximum atomic E-state index is 12.2. The molecule has 6 heteroatoms. The fourth-order valence-corrected chi connectivity index (χ4v) is 4.04. The molecule has 0 radical (unpaired) electrons. The quantitative estimate of drug-likeness (QED) is 0.725. The van der Waals surface area contributed by atoms with Crippen molar-refractivity contribution in [1.29, 1.82) is 0 Å². The van der Waals surface area contributed by atoms with Crippen LogP contribution in [-0.2, 0) is 10.2 Å². The minimum Gasteiger partial charge on any atom is -0.396 e. The lowest BCUT2D eigenvalue weighted by Gasteiger charge is -2.32. The predicted molar refractivity (Wildman–Crippen MR) is 103 cm³/mol. The number of rotatable bonds is 5. The van der Waals surface area contributed by atoms with Gasteiger partial charge in [0.25, 0.3) is 0 Å². The van der Waals surface area contributed by atoms with E-state index in [0.29, 0.717) is 5.13 Å². The van der Waals surface area contributed by atoms with Crippen molar-refractivity contribution in [3.05, 3.63) is 45.4 Å². The number of aliphatic hydroxyl groups excluding tert-OH is 1. The zero-order valence-corrected chi connectivity index (χ0v) is 16.2. The molecule has 25 heavy (non-hydrogen) atoms. The number of hydrogen-bond donors (Lipinski definition) is 2.